The lowest BCUT2D eigenvalue weighted by molar-refractivity contribution is -0.545. The zero-order valence-electron chi connectivity index (χ0n) is 6.65. The largest absolute Gasteiger partial charge is 0.343 e. The van der Waals surface area contributed by atoms with E-state index in [0.29, 0.717) is 0 Å². The number of nitro groups is 1. The van der Waals surface area contributed by atoms with Gasteiger partial charge in [0.2, 0.25) is 6.34 Å². The van der Waals surface area contributed by atoms with Crippen molar-refractivity contribution in [2.75, 3.05) is 13.6 Å². The van der Waals surface area contributed by atoms with Crippen LogP contribution in [0.15, 0.2) is 5.10 Å². The standard InChI is InChI=1S/C5H12N4O2/c1-3-4-8(2)5-6-7-9(10)11/h5,7H,3-4H2,1-2H3/b6-5-. The summed E-state index contributed by atoms with van der Waals surface area (Å²) in [5.74, 6) is 0. The van der Waals surface area contributed by atoms with Crippen molar-refractivity contribution in [3.8, 4) is 0 Å². The van der Waals surface area contributed by atoms with Crippen molar-refractivity contribution >= 4 is 6.34 Å². The zero-order valence-corrected chi connectivity index (χ0v) is 6.65. The van der Waals surface area contributed by atoms with E-state index in [0.717, 1.165) is 13.0 Å². The minimum absolute atomic E-state index is 0.712. The van der Waals surface area contributed by atoms with Crippen molar-refractivity contribution < 1.29 is 5.03 Å². The van der Waals surface area contributed by atoms with Gasteiger partial charge in [0.25, 0.3) is 0 Å². The lowest BCUT2D eigenvalue weighted by atomic mass is 10.5. The van der Waals surface area contributed by atoms with Gasteiger partial charge in [-0.2, -0.15) is 0 Å². The molecule has 0 atom stereocenters. The Bertz CT molecular complexity index is 147. The summed E-state index contributed by atoms with van der Waals surface area (Å²) >= 11 is 0. The number of nitrogens with zero attached hydrogens (tertiary/aromatic N) is 3. The van der Waals surface area contributed by atoms with Crippen molar-refractivity contribution in [2.24, 2.45) is 5.10 Å². The van der Waals surface area contributed by atoms with Crippen molar-refractivity contribution in [2.45, 2.75) is 13.3 Å². The van der Waals surface area contributed by atoms with Gasteiger partial charge in [0, 0.05) is 13.6 Å². The van der Waals surface area contributed by atoms with Crippen LogP contribution in [0.5, 0.6) is 0 Å². The number of nitrogens with one attached hydrogen (secondary N) is 1. The van der Waals surface area contributed by atoms with Crippen molar-refractivity contribution in [1.29, 1.82) is 0 Å². The molecule has 0 bridgehead atoms. The van der Waals surface area contributed by atoms with Crippen LogP contribution in [0.25, 0.3) is 0 Å². The van der Waals surface area contributed by atoms with E-state index in [1.807, 2.05) is 6.92 Å². The van der Waals surface area contributed by atoms with Gasteiger partial charge in [-0.05, 0) is 12.0 Å². The number of hydrogen-bond donors (Lipinski definition) is 1. The average molecular weight is 160 g/mol. The molecule has 0 saturated carbocycles. The van der Waals surface area contributed by atoms with Gasteiger partial charge in [0.1, 0.15) is 0 Å². The summed E-state index contributed by atoms with van der Waals surface area (Å²) in [7, 11) is 1.80. The molecule has 0 aromatic rings. The van der Waals surface area contributed by atoms with Gasteiger partial charge in [-0.1, -0.05) is 6.92 Å². The van der Waals surface area contributed by atoms with Crippen LogP contribution >= 0.6 is 0 Å². The molecule has 0 aromatic carbocycles. The molecule has 1 N–H and O–H groups in total. The molecule has 0 aliphatic rings. The zero-order chi connectivity index (χ0) is 8.69. The second kappa shape index (κ2) is 5.45. The van der Waals surface area contributed by atoms with Gasteiger partial charge in [-0.3, -0.25) is 0 Å². The fourth-order valence-corrected chi connectivity index (χ4v) is 0.582. The highest BCUT2D eigenvalue weighted by molar-refractivity contribution is 5.53. The van der Waals surface area contributed by atoms with E-state index < -0.39 is 5.03 Å². The van der Waals surface area contributed by atoms with Crippen LogP contribution in [-0.2, 0) is 0 Å². The molecule has 0 heterocycles. The first-order chi connectivity index (χ1) is 5.16. The van der Waals surface area contributed by atoms with Crippen LogP contribution in [0.3, 0.4) is 0 Å². The molecule has 0 saturated heterocycles. The lowest BCUT2D eigenvalue weighted by Gasteiger charge is -2.06. The number of hydrazine groups is 1. The van der Waals surface area contributed by atoms with Crippen LogP contribution in [0.2, 0.25) is 0 Å². The molecule has 6 heteroatoms. The Labute approximate surface area is 65.0 Å². The van der Waals surface area contributed by atoms with Crippen molar-refractivity contribution in [3.05, 3.63) is 10.1 Å². The highest BCUT2D eigenvalue weighted by atomic mass is 16.7. The molecule has 0 aliphatic carbocycles. The van der Waals surface area contributed by atoms with Crippen LogP contribution in [0, 0.1) is 10.1 Å². The van der Waals surface area contributed by atoms with E-state index >= 15 is 0 Å². The van der Waals surface area contributed by atoms with E-state index in [1.54, 1.807) is 17.5 Å². The Morgan fingerprint density at radius 3 is 2.91 bits per heavy atom. The number of hydrogen-bond acceptors (Lipinski definition) is 3. The minimum Gasteiger partial charge on any atom is -0.343 e. The second-order valence-electron chi connectivity index (χ2n) is 2.08. The third-order valence-electron chi connectivity index (χ3n) is 0.971. The van der Waals surface area contributed by atoms with Gasteiger partial charge in [0.05, 0.1) is 10.1 Å². The Morgan fingerprint density at radius 2 is 2.45 bits per heavy atom. The molecular formula is C5H12N4O2. The van der Waals surface area contributed by atoms with E-state index in [1.165, 1.54) is 6.34 Å². The minimum atomic E-state index is -0.712. The van der Waals surface area contributed by atoms with E-state index in [4.69, 9.17) is 0 Å². The fraction of sp³-hybridized carbons (Fsp3) is 0.800. The molecule has 0 unspecified atom stereocenters. The maximum atomic E-state index is 9.70. The summed E-state index contributed by atoms with van der Waals surface area (Å²) in [6, 6.07) is 0. The quantitative estimate of drug-likeness (QED) is 0.267. The van der Waals surface area contributed by atoms with Crippen molar-refractivity contribution in [1.82, 2.24) is 10.4 Å². The Morgan fingerprint density at radius 1 is 1.82 bits per heavy atom. The van der Waals surface area contributed by atoms with Crippen LogP contribution in [-0.4, -0.2) is 29.9 Å². The Balaban J connectivity index is 3.47. The topological polar surface area (TPSA) is 70.8 Å². The molecular weight excluding hydrogens is 148 g/mol. The lowest BCUT2D eigenvalue weighted by Crippen LogP contribution is -2.21. The van der Waals surface area contributed by atoms with Crippen LogP contribution in [0.4, 0.5) is 0 Å². The monoisotopic (exact) mass is 160 g/mol. The predicted molar refractivity (Wildman–Crippen MR) is 41.5 cm³/mol. The first kappa shape index (κ1) is 9.67. The molecule has 0 fully saturated rings. The smallest absolute Gasteiger partial charge is 0.232 e. The molecule has 0 aromatic heterocycles. The van der Waals surface area contributed by atoms with Gasteiger partial charge in [0.15, 0.2) is 0 Å². The van der Waals surface area contributed by atoms with Gasteiger partial charge in [-0.25, -0.2) is 0 Å². The summed E-state index contributed by atoms with van der Waals surface area (Å²) < 4.78 is 0. The predicted octanol–water partition coefficient (Wildman–Crippen LogP) is 0.0528. The Kier molecular flexibility index (Phi) is 4.80. The van der Waals surface area contributed by atoms with E-state index in [2.05, 4.69) is 5.10 Å². The summed E-state index contributed by atoms with van der Waals surface area (Å²) in [5.41, 5.74) is 1.68. The normalized spacial score (nSPS) is 10.0. The van der Waals surface area contributed by atoms with Crippen molar-refractivity contribution in [3.63, 3.8) is 0 Å². The third-order valence-corrected chi connectivity index (χ3v) is 0.971. The molecule has 0 amide bonds. The summed E-state index contributed by atoms with van der Waals surface area (Å²) in [5, 5.41) is 12.3. The SMILES string of the molecule is CCCN(C)/C=N\N[N+](=O)[O-]. The van der Waals surface area contributed by atoms with Crippen LogP contribution < -0.4 is 5.53 Å². The van der Waals surface area contributed by atoms with Crippen LogP contribution in [0.1, 0.15) is 13.3 Å². The summed E-state index contributed by atoms with van der Waals surface area (Å²) in [4.78, 5) is 11.5. The number of rotatable bonds is 5. The third kappa shape index (κ3) is 6.56. The van der Waals surface area contributed by atoms with Gasteiger partial charge < -0.3 is 15.0 Å². The Hall–Kier alpha value is -1.33. The molecule has 0 aliphatic heterocycles. The first-order valence-corrected chi connectivity index (χ1v) is 3.30. The highest BCUT2D eigenvalue weighted by Gasteiger charge is 1.91. The molecule has 0 rings (SSSR count). The van der Waals surface area contributed by atoms with Gasteiger partial charge >= 0.3 is 0 Å². The fourth-order valence-electron chi connectivity index (χ4n) is 0.582. The first-order valence-electron chi connectivity index (χ1n) is 3.30. The second-order valence-corrected chi connectivity index (χ2v) is 2.08. The van der Waals surface area contributed by atoms with Gasteiger partial charge in [-0.15, -0.1) is 0 Å². The molecule has 64 valence electrons. The molecule has 11 heavy (non-hydrogen) atoms. The molecule has 0 radical (unpaired) electrons. The highest BCUT2D eigenvalue weighted by Crippen LogP contribution is 1.79. The van der Waals surface area contributed by atoms with E-state index in [-0.39, 0.29) is 0 Å². The van der Waals surface area contributed by atoms with E-state index in [9.17, 15) is 10.1 Å². The number of hydrazone groups is 1. The summed E-state index contributed by atoms with van der Waals surface area (Å²) in [6.07, 6.45) is 2.37. The molecule has 0 spiro atoms. The summed E-state index contributed by atoms with van der Waals surface area (Å²) in [6.45, 7) is 2.86. The maximum Gasteiger partial charge on any atom is 0.232 e. The molecule has 6 nitrogen and oxygen atoms in total. The average Bonchev–Trinajstić information content (AvgIpc) is 1.87. The maximum absolute atomic E-state index is 9.70.